The number of rotatable bonds is 7. The zero-order valence-corrected chi connectivity index (χ0v) is 16.2. The van der Waals surface area contributed by atoms with E-state index >= 15 is 0 Å². The van der Waals surface area contributed by atoms with E-state index in [1.54, 1.807) is 0 Å². The third-order valence-electron chi connectivity index (χ3n) is 3.28. The van der Waals surface area contributed by atoms with Crippen LogP contribution in [0.15, 0.2) is 0 Å². The summed E-state index contributed by atoms with van der Waals surface area (Å²) in [6.45, 7) is 6.48. The van der Waals surface area contributed by atoms with Crippen LogP contribution in [0.4, 0.5) is 0 Å². The lowest BCUT2D eigenvalue weighted by atomic mass is 9.99. The number of esters is 4. The highest BCUT2D eigenvalue weighted by molar-refractivity contribution is 7.99. The van der Waals surface area contributed by atoms with Gasteiger partial charge in [0.25, 0.3) is 0 Å². The molecule has 1 heterocycles. The van der Waals surface area contributed by atoms with Gasteiger partial charge in [-0.1, -0.05) is 6.92 Å². The molecule has 0 unspecified atom stereocenters. The van der Waals surface area contributed by atoms with Crippen LogP contribution in [0.3, 0.4) is 0 Å². The zero-order valence-electron chi connectivity index (χ0n) is 15.4. The van der Waals surface area contributed by atoms with Crippen molar-refractivity contribution in [3.63, 3.8) is 0 Å². The molecule has 0 bridgehead atoms. The first-order valence-corrected chi connectivity index (χ1v) is 9.12. The number of hydrogen-bond acceptors (Lipinski definition) is 10. The minimum atomic E-state index is -1.10. The van der Waals surface area contributed by atoms with Gasteiger partial charge in [0.05, 0.1) is 0 Å². The monoisotopic (exact) mass is 392 g/mol. The van der Waals surface area contributed by atoms with Gasteiger partial charge in [0.1, 0.15) is 18.1 Å². The van der Waals surface area contributed by atoms with Crippen LogP contribution < -0.4 is 0 Å². The van der Waals surface area contributed by atoms with Crippen LogP contribution in [-0.2, 0) is 42.9 Å². The summed E-state index contributed by atoms with van der Waals surface area (Å²) in [6, 6.07) is 0. The predicted octanol–water partition coefficient (Wildman–Crippen LogP) is 0.823. The van der Waals surface area contributed by atoms with Crippen molar-refractivity contribution in [3.8, 4) is 0 Å². The molecule has 0 aromatic heterocycles. The fourth-order valence-electron chi connectivity index (χ4n) is 2.49. The highest BCUT2D eigenvalue weighted by Crippen LogP contribution is 2.34. The first-order chi connectivity index (χ1) is 12.1. The molecule has 1 aliphatic heterocycles. The fraction of sp³-hybridized carbons (Fsp3) is 0.750. The second-order valence-corrected chi connectivity index (χ2v) is 6.90. The molecule has 26 heavy (non-hydrogen) atoms. The summed E-state index contributed by atoms with van der Waals surface area (Å²) in [5.74, 6) is -1.81. The molecule has 0 saturated carbocycles. The summed E-state index contributed by atoms with van der Waals surface area (Å²) in [7, 11) is 0. The number of thioether (sulfide) groups is 1. The molecule has 1 aliphatic rings. The van der Waals surface area contributed by atoms with Gasteiger partial charge >= 0.3 is 23.9 Å². The van der Waals surface area contributed by atoms with Crippen molar-refractivity contribution in [1.29, 1.82) is 0 Å². The summed E-state index contributed by atoms with van der Waals surface area (Å²) in [4.78, 5) is 45.8. The van der Waals surface area contributed by atoms with E-state index in [0.29, 0.717) is 5.75 Å². The Balaban J connectivity index is 3.22. The lowest BCUT2D eigenvalue weighted by molar-refractivity contribution is -0.237. The molecule has 1 rings (SSSR count). The minimum absolute atomic E-state index is 0.210. The molecular formula is C16H24O9S. The average Bonchev–Trinajstić information content (AvgIpc) is 2.50. The zero-order chi connectivity index (χ0) is 19.9. The Kier molecular flexibility index (Phi) is 8.86. The first kappa shape index (κ1) is 22.2. The minimum Gasteiger partial charge on any atom is -0.463 e. The van der Waals surface area contributed by atoms with E-state index in [0.717, 1.165) is 0 Å². The molecule has 5 atom stereocenters. The topological polar surface area (TPSA) is 114 Å². The van der Waals surface area contributed by atoms with Crippen LogP contribution in [-0.4, -0.2) is 66.1 Å². The Bertz CT molecular complexity index is 536. The van der Waals surface area contributed by atoms with Crippen molar-refractivity contribution in [3.05, 3.63) is 0 Å². The van der Waals surface area contributed by atoms with Crippen LogP contribution in [0.5, 0.6) is 0 Å². The van der Waals surface area contributed by atoms with E-state index in [1.807, 2.05) is 6.92 Å². The Hall–Kier alpha value is -1.81. The first-order valence-electron chi connectivity index (χ1n) is 8.07. The molecule has 1 saturated heterocycles. The molecule has 148 valence electrons. The maximum absolute atomic E-state index is 11.6. The molecular weight excluding hydrogens is 368 g/mol. The third-order valence-corrected chi connectivity index (χ3v) is 4.32. The van der Waals surface area contributed by atoms with Crippen molar-refractivity contribution in [2.75, 3.05) is 12.4 Å². The maximum Gasteiger partial charge on any atom is 0.303 e. The molecule has 9 nitrogen and oxygen atoms in total. The Morgan fingerprint density at radius 1 is 0.808 bits per heavy atom. The van der Waals surface area contributed by atoms with E-state index in [2.05, 4.69) is 0 Å². The summed E-state index contributed by atoms with van der Waals surface area (Å²) >= 11 is 1.32. The van der Waals surface area contributed by atoms with E-state index < -0.39 is 53.7 Å². The van der Waals surface area contributed by atoms with Crippen molar-refractivity contribution >= 4 is 35.6 Å². The largest absolute Gasteiger partial charge is 0.463 e. The number of carbonyl (C=O) groups excluding carboxylic acids is 4. The molecule has 0 amide bonds. The van der Waals surface area contributed by atoms with Gasteiger partial charge in [0, 0.05) is 27.7 Å². The van der Waals surface area contributed by atoms with Gasteiger partial charge in [-0.2, -0.15) is 0 Å². The molecule has 10 heteroatoms. The van der Waals surface area contributed by atoms with Crippen molar-refractivity contribution in [2.24, 2.45) is 0 Å². The number of hydrogen-bond donors (Lipinski definition) is 0. The van der Waals surface area contributed by atoms with Crippen molar-refractivity contribution in [1.82, 2.24) is 0 Å². The van der Waals surface area contributed by atoms with Crippen LogP contribution in [0.2, 0.25) is 0 Å². The van der Waals surface area contributed by atoms with Crippen LogP contribution in [0.1, 0.15) is 34.6 Å². The SMILES string of the molecule is CCS[C@@H]1O[C@H](COC(C)=O)[C@H](OC(C)=O)[C@@H](OC(C)=O)[C@H]1OC(C)=O. The number of carbonyl (C=O) groups is 4. The molecule has 0 aliphatic carbocycles. The molecule has 0 aromatic rings. The summed E-state index contributed by atoms with van der Waals surface area (Å²) in [6.07, 6.45) is -4.07. The summed E-state index contributed by atoms with van der Waals surface area (Å²) < 4.78 is 26.7. The molecule has 0 aromatic carbocycles. The lowest BCUT2D eigenvalue weighted by Crippen LogP contribution is -2.61. The predicted molar refractivity (Wildman–Crippen MR) is 90.1 cm³/mol. The molecule has 1 fully saturated rings. The smallest absolute Gasteiger partial charge is 0.303 e. The van der Waals surface area contributed by atoms with Gasteiger partial charge in [-0.05, 0) is 5.75 Å². The highest BCUT2D eigenvalue weighted by Gasteiger charge is 2.52. The van der Waals surface area contributed by atoms with Crippen LogP contribution in [0.25, 0.3) is 0 Å². The third kappa shape index (κ3) is 6.83. The van der Waals surface area contributed by atoms with Crippen LogP contribution >= 0.6 is 11.8 Å². The quantitative estimate of drug-likeness (QED) is 0.455. The second kappa shape index (κ2) is 10.4. The van der Waals surface area contributed by atoms with Gasteiger partial charge in [-0.15, -0.1) is 11.8 Å². The number of ether oxygens (including phenoxy) is 5. The Labute approximate surface area is 156 Å². The van der Waals surface area contributed by atoms with E-state index in [-0.39, 0.29) is 6.61 Å². The highest BCUT2D eigenvalue weighted by atomic mass is 32.2. The van der Waals surface area contributed by atoms with Crippen LogP contribution in [0, 0.1) is 0 Å². The maximum atomic E-state index is 11.6. The van der Waals surface area contributed by atoms with Crippen molar-refractivity contribution in [2.45, 2.75) is 64.5 Å². The summed E-state index contributed by atoms with van der Waals surface area (Å²) in [5.41, 5.74) is -0.694. The lowest BCUT2D eigenvalue weighted by Gasteiger charge is -2.44. The average molecular weight is 392 g/mol. The molecule has 0 radical (unpaired) electrons. The van der Waals surface area contributed by atoms with Crippen molar-refractivity contribution < 1.29 is 42.9 Å². The van der Waals surface area contributed by atoms with Gasteiger partial charge in [-0.3, -0.25) is 19.2 Å². The Morgan fingerprint density at radius 2 is 1.31 bits per heavy atom. The summed E-state index contributed by atoms with van der Waals surface area (Å²) in [5, 5.41) is 0. The van der Waals surface area contributed by atoms with E-state index in [1.165, 1.54) is 39.5 Å². The van der Waals surface area contributed by atoms with E-state index in [9.17, 15) is 19.2 Å². The van der Waals surface area contributed by atoms with Gasteiger partial charge in [0.2, 0.25) is 0 Å². The second-order valence-electron chi connectivity index (χ2n) is 5.52. The molecule has 0 spiro atoms. The van der Waals surface area contributed by atoms with Gasteiger partial charge < -0.3 is 23.7 Å². The standard InChI is InChI=1S/C16H24O9S/c1-6-26-16-15(24-11(5)20)14(23-10(4)19)13(22-9(3)18)12(25-16)7-21-8(2)17/h12-16H,6-7H2,1-5H3/t12-,13+,14-,15-,16+/m1/s1. The van der Waals surface area contributed by atoms with E-state index in [4.69, 9.17) is 23.7 Å². The fourth-order valence-corrected chi connectivity index (χ4v) is 3.44. The van der Waals surface area contributed by atoms with Gasteiger partial charge in [-0.25, -0.2) is 0 Å². The normalized spacial score (nSPS) is 28.0. The van der Waals surface area contributed by atoms with Gasteiger partial charge in [0.15, 0.2) is 18.3 Å². The Morgan fingerprint density at radius 3 is 1.77 bits per heavy atom. The molecule has 0 N–H and O–H groups in total.